The van der Waals surface area contributed by atoms with Crippen molar-refractivity contribution < 1.29 is 13.9 Å². The lowest BCUT2D eigenvalue weighted by Gasteiger charge is -2.07. The summed E-state index contributed by atoms with van der Waals surface area (Å²) in [6.45, 7) is 2.20. The van der Waals surface area contributed by atoms with Crippen molar-refractivity contribution in [3.63, 3.8) is 0 Å². The molecule has 0 radical (unpaired) electrons. The van der Waals surface area contributed by atoms with E-state index in [0.29, 0.717) is 41.2 Å². The number of ether oxygens (including phenoxy) is 1. The van der Waals surface area contributed by atoms with Crippen LogP contribution in [0.1, 0.15) is 11.5 Å². The van der Waals surface area contributed by atoms with Gasteiger partial charge in [0.2, 0.25) is 0 Å². The van der Waals surface area contributed by atoms with Crippen LogP contribution in [0.15, 0.2) is 42.7 Å². The number of halogens is 1. The van der Waals surface area contributed by atoms with E-state index in [1.54, 1.807) is 12.1 Å². The molecule has 0 saturated carbocycles. The Hall–Kier alpha value is -3.42. The lowest BCUT2D eigenvalue weighted by atomic mass is 10.3. The fraction of sp³-hybridized carbons (Fsp3) is 0.211. The Bertz CT molecular complexity index is 1120. The van der Waals surface area contributed by atoms with Gasteiger partial charge in [-0.05, 0) is 37.3 Å². The summed E-state index contributed by atoms with van der Waals surface area (Å²) in [4.78, 5) is 23.8. The van der Waals surface area contributed by atoms with Crippen LogP contribution in [-0.2, 0) is 11.2 Å². The molecule has 0 aliphatic rings. The summed E-state index contributed by atoms with van der Waals surface area (Å²) in [5, 5.41) is 2.79. The SMILES string of the molecule is Cc1cn2cccc(OCC(=O)NCCc3nc4ccc(F)cc4[nH]3)c2n1. The molecule has 1 amide bonds. The van der Waals surface area contributed by atoms with Crippen molar-refractivity contribution in [1.29, 1.82) is 0 Å². The Labute approximate surface area is 154 Å². The van der Waals surface area contributed by atoms with Crippen LogP contribution in [-0.4, -0.2) is 38.4 Å². The van der Waals surface area contributed by atoms with Crippen molar-refractivity contribution >= 4 is 22.6 Å². The number of amides is 1. The Balaban J connectivity index is 1.30. The van der Waals surface area contributed by atoms with Crippen LogP contribution >= 0.6 is 0 Å². The number of imidazole rings is 2. The molecule has 8 heteroatoms. The number of hydrogen-bond acceptors (Lipinski definition) is 4. The van der Waals surface area contributed by atoms with Crippen molar-refractivity contribution in [2.75, 3.05) is 13.2 Å². The molecule has 138 valence electrons. The maximum Gasteiger partial charge on any atom is 0.257 e. The molecule has 3 aromatic heterocycles. The number of fused-ring (bicyclic) bond motifs is 2. The number of pyridine rings is 1. The number of aromatic nitrogens is 4. The molecular formula is C19H18FN5O2. The lowest BCUT2D eigenvalue weighted by molar-refractivity contribution is -0.123. The highest BCUT2D eigenvalue weighted by atomic mass is 19.1. The second-order valence-electron chi connectivity index (χ2n) is 6.22. The number of carbonyl (C=O) groups excluding carboxylic acids is 1. The minimum Gasteiger partial charge on any atom is -0.480 e. The number of benzene rings is 1. The first-order valence-corrected chi connectivity index (χ1v) is 8.56. The highest BCUT2D eigenvalue weighted by Crippen LogP contribution is 2.18. The Morgan fingerprint density at radius 3 is 3.11 bits per heavy atom. The minimum atomic E-state index is -0.314. The maximum atomic E-state index is 13.2. The van der Waals surface area contributed by atoms with E-state index in [-0.39, 0.29) is 18.3 Å². The van der Waals surface area contributed by atoms with Gasteiger partial charge in [-0.1, -0.05) is 0 Å². The lowest BCUT2D eigenvalue weighted by Crippen LogP contribution is -2.30. The fourth-order valence-corrected chi connectivity index (χ4v) is 2.89. The quantitative estimate of drug-likeness (QED) is 0.548. The number of aryl methyl sites for hydroxylation is 1. The Morgan fingerprint density at radius 2 is 2.22 bits per heavy atom. The van der Waals surface area contributed by atoms with Crippen LogP contribution in [0, 0.1) is 12.7 Å². The van der Waals surface area contributed by atoms with Gasteiger partial charge in [-0.15, -0.1) is 0 Å². The third-order valence-corrected chi connectivity index (χ3v) is 4.10. The third kappa shape index (κ3) is 3.74. The highest BCUT2D eigenvalue weighted by molar-refractivity contribution is 5.78. The first-order valence-electron chi connectivity index (χ1n) is 8.56. The van der Waals surface area contributed by atoms with E-state index in [9.17, 15) is 9.18 Å². The van der Waals surface area contributed by atoms with Gasteiger partial charge in [0.05, 0.1) is 16.7 Å². The molecule has 0 atom stereocenters. The molecule has 0 saturated heterocycles. The summed E-state index contributed by atoms with van der Waals surface area (Å²) < 4.78 is 20.7. The summed E-state index contributed by atoms with van der Waals surface area (Å²) in [6.07, 6.45) is 4.28. The summed E-state index contributed by atoms with van der Waals surface area (Å²) in [5.41, 5.74) is 2.89. The molecular weight excluding hydrogens is 349 g/mol. The molecule has 0 fully saturated rings. The number of hydrogen-bond donors (Lipinski definition) is 2. The number of carbonyl (C=O) groups is 1. The zero-order chi connectivity index (χ0) is 18.8. The van der Waals surface area contributed by atoms with E-state index in [0.717, 1.165) is 5.69 Å². The molecule has 7 nitrogen and oxygen atoms in total. The summed E-state index contributed by atoms with van der Waals surface area (Å²) in [5.74, 6) is 0.697. The van der Waals surface area contributed by atoms with Gasteiger partial charge < -0.3 is 19.4 Å². The van der Waals surface area contributed by atoms with Gasteiger partial charge in [-0.3, -0.25) is 4.79 Å². The number of H-pyrrole nitrogens is 1. The van der Waals surface area contributed by atoms with Gasteiger partial charge in [0.1, 0.15) is 11.6 Å². The minimum absolute atomic E-state index is 0.100. The van der Waals surface area contributed by atoms with Crippen LogP contribution in [0.5, 0.6) is 5.75 Å². The molecule has 0 bridgehead atoms. The molecule has 1 aromatic carbocycles. The van der Waals surface area contributed by atoms with E-state index >= 15 is 0 Å². The zero-order valence-electron chi connectivity index (χ0n) is 14.7. The van der Waals surface area contributed by atoms with Crippen molar-refractivity contribution in [1.82, 2.24) is 24.7 Å². The third-order valence-electron chi connectivity index (χ3n) is 4.10. The second-order valence-corrected chi connectivity index (χ2v) is 6.22. The molecule has 4 aromatic rings. The molecule has 0 spiro atoms. The number of rotatable bonds is 6. The largest absolute Gasteiger partial charge is 0.480 e. The molecule has 27 heavy (non-hydrogen) atoms. The summed E-state index contributed by atoms with van der Waals surface area (Å²) in [6, 6.07) is 8.01. The molecule has 0 aliphatic carbocycles. The Kier molecular flexibility index (Phi) is 4.45. The van der Waals surface area contributed by atoms with Crippen molar-refractivity contribution in [2.24, 2.45) is 0 Å². The van der Waals surface area contributed by atoms with Gasteiger partial charge in [0.15, 0.2) is 18.0 Å². The first-order chi connectivity index (χ1) is 13.1. The number of nitrogens with zero attached hydrogens (tertiary/aromatic N) is 3. The van der Waals surface area contributed by atoms with Gasteiger partial charge in [-0.25, -0.2) is 14.4 Å². The number of aromatic amines is 1. The molecule has 3 heterocycles. The van der Waals surface area contributed by atoms with Crippen molar-refractivity contribution in [3.05, 3.63) is 60.1 Å². The smallest absolute Gasteiger partial charge is 0.257 e. The molecule has 0 unspecified atom stereocenters. The average molecular weight is 367 g/mol. The molecule has 4 rings (SSSR count). The van der Waals surface area contributed by atoms with Crippen LogP contribution in [0.3, 0.4) is 0 Å². The monoisotopic (exact) mass is 367 g/mol. The van der Waals surface area contributed by atoms with Crippen LogP contribution in [0.25, 0.3) is 16.7 Å². The van der Waals surface area contributed by atoms with Gasteiger partial charge >= 0.3 is 0 Å². The fourth-order valence-electron chi connectivity index (χ4n) is 2.89. The average Bonchev–Trinajstić information content (AvgIpc) is 3.21. The first kappa shape index (κ1) is 17.0. The summed E-state index contributed by atoms with van der Waals surface area (Å²) >= 11 is 0. The predicted molar refractivity (Wildman–Crippen MR) is 98.2 cm³/mol. The van der Waals surface area contributed by atoms with Crippen molar-refractivity contribution in [2.45, 2.75) is 13.3 Å². The van der Waals surface area contributed by atoms with Gasteiger partial charge in [0.25, 0.3) is 5.91 Å². The number of nitrogens with one attached hydrogen (secondary N) is 2. The van der Waals surface area contributed by atoms with E-state index in [4.69, 9.17) is 4.74 Å². The standard InChI is InChI=1S/C19H18FN5O2/c1-12-10-25-8-2-3-16(19(25)22-12)27-11-18(26)21-7-6-17-23-14-5-4-13(20)9-15(14)24-17/h2-5,8-10H,6-7,11H2,1H3,(H,21,26)(H,23,24). The van der Waals surface area contributed by atoms with Crippen molar-refractivity contribution in [3.8, 4) is 5.75 Å². The van der Waals surface area contributed by atoms with E-state index in [1.807, 2.05) is 29.8 Å². The topological polar surface area (TPSA) is 84.3 Å². The van der Waals surface area contributed by atoms with Crippen LogP contribution in [0.2, 0.25) is 0 Å². The molecule has 2 N–H and O–H groups in total. The highest BCUT2D eigenvalue weighted by Gasteiger charge is 2.09. The summed E-state index contributed by atoms with van der Waals surface area (Å²) in [7, 11) is 0. The maximum absolute atomic E-state index is 13.2. The molecule has 0 aliphatic heterocycles. The predicted octanol–water partition coefficient (Wildman–Crippen LogP) is 2.40. The van der Waals surface area contributed by atoms with Gasteiger partial charge in [0, 0.05) is 25.4 Å². The second kappa shape index (κ2) is 7.06. The van der Waals surface area contributed by atoms with E-state index < -0.39 is 0 Å². The normalized spacial score (nSPS) is 11.2. The van der Waals surface area contributed by atoms with E-state index in [1.165, 1.54) is 12.1 Å². The Morgan fingerprint density at radius 1 is 1.33 bits per heavy atom. The zero-order valence-corrected chi connectivity index (χ0v) is 14.7. The van der Waals surface area contributed by atoms with Gasteiger partial charge in [-0.2, -0.15) is 0 Å². The van der Waals surface area contributed by atoms with Crippen LogP contribution in [0.4, 0.5) is 4.39 Å². The van der Waals surface area contributed by atoms with E-state index in [2.05, 4.69) is 20.3 Å². The van der Waals surface area contributed by atoms with Crippen LogP contribution < -0.4 is 10.1 Å².